The Balaban J connectivity index is 2.21. The molecular formula is C21H22NS2+. The van der Waals surface area contributed by atoms with Crippen LogP contribution in [0.25, 0.3) is 20.8 Å². The molecule has 0 saturated heterocycles. The number of rotatable bonds is 4. The van der Waals surface area contributed by atoms with E-state index in [-0.39, 0.29) is 0 Å². The maximum Gasteiger partial charge on any atom is 0.270 e. The molecule has 0 spiro atoms. The molecule has 0 N–H and O–H groups in total. The molecule has 0 fully saturated rings. The van der Waals surface area contributed by atoms with Crippen molar-refractivity contribution in [2.24, 2.45) is 7.05 Å². The van der Waals surface area contributed by atoms with Crippen LogP contribution in [-0.2, 0) is 7.05 Å². The van der Waals surface area contributed by atoms with Gasteiger partial charge in [-0.15, -0.1) is 0 Å². The number of aryl methyl sites for hydroxylation is 3. The van der Waals surface area contributed by atoms with Crippen LogP contribution >= 0.6 is 23.1 Å². The Morgan fingerprint density at radius 3 is 2.58 bits per heavy atom. The number of benzene rings is 2. The number of aromatic nitrogens is 1. The molecule has 1 heterocycles. The van der Waals surface area contributed by atoms with Gasteiger partial charge in [0.25, 0.3) is 5.01 Å². The first kappa shape index (κ1) is 17.0. The van der Waals surface area contributed by atoms with Crippen molar-refractivity contribution in [2.75, 3.05) is 0 Å². The fourth-order valence-corrected chi connectivity index (χ4v) is 5.29. The Hall–Kier alpha value is -1.84. The predicted molar refractivity (Wildman–Crippen MR) is 108 cm³/mol. The second-order valence-corrected chi connectivity index (χ2v) is 8.05. The van der Waals surface area contributed by atoms with E-state index in [1.807, 2.05) is 24.3 Å². The Labute approximate surface area is 152 Å². The zero-order valence-electron chi connectivity index (χ0n) is 14.6. The molecule has 0 bridgehead atoms. The van der Waals surface area contributed by atoms with Crippen LogP contribution in [0, 0.1) is 13.8 Å². The second-order valence-electron chi connectivity index (χ2n) is 5.91. The van der Waals surface area contributed by atoms with Crippen molar-refractivity contribution in [1.29, 1.82) is 0 Å². The molecule has 2 aromatic carbocycles. The summed E-state index contributed by atoms with van der Waals surface area (Å²) < 4.78 is 3.65. The smallest absolute Gasteiger partial charge is 0.184 e. The van der Waals surface area contributed by atoms with Gasteiger partial charge >= 0.3 is 0 Å². The summed E-state index contributed by atoms with van der Waals surface area (Å²) >= 11 is 3.63. The molecule has 1 nitrogen and oxygen atoms in total. The van der Waals surface area contributed by atoms with Gasteiger partial charge in [0.05, 0.1) is 5.56 Å². The van der Waals surface area contributed by atoms with Gasteiger partial charge < -0.3 is 0 Å². The molecule has 3 heteroatoms. The first-order valence-electron chi connectivity index (χ1n) is 8.00. The van der Waals surface area contributed by atoms with Crippen molar-refractivity contribution < 1.29 is 4.57 Å². The fraction of sp³-hybridized carbons (Fsp3) is 0.190. The SMILES string of the molecule is C=C(/C=C\C)Sc1c(C)ccc2c1sc(-c1ccccc1C)[n+]2C. The lowest BCUT2D eigenvalue weighted by atomic mass is 10.1. The van der Waals surface area contributed by atoms with Crippen LogP contribution < -0.4 is 4.57 Å². The lowest BCUT2D eigenvalue weighted by Crippen LogP contribution is -2.28. The molecule has 0 radical (unpaired) electrons. The van der Waals surface area contributed by atoms with Crippen LogP contribution in [0.1, 0.15) is 18.1 Å². The summed E-state index contributed by atoms with van der Waals surface area (Å²) in [6.07, 6.45) is 4.11. The van der Waals surface area contributed by atoms with E-state index in [1.165, 1.54) is 36.8 Å². The topological polar surface area (TPSA) is 3.88 Å². The highest BCUT2D eigenvalue weighted by Gasteiger charge is 2.23. The van der Waals surface area contributed by atoms with Crippen LogP contribution in [0.4, 0.5) is 0 Å². The van der Waals surface area contributed by atoms with Crippen LogP contribution in [0.3, 0.4) is 0 Å². The maximum atomic E-state index is 4.16. The first-order chi connectivity index (χ1) is 11.5. The lowest BCUT2D eigenvalue weighted by Gasteiger charge is -2.04. The van der Waals surface area contributed by atoms with E-state index in [0.29, 0.717) is 0 Å². The molecule has 0 aliphatic rings. The molecule has 0 atom stereocenters. The highest BCUT2D eigenvalue weighted by molar-refractivity contribution is 8.03. The van der Waals surface area contributed by atoms with E-state index >= 15 is 0 Å². The summed E-state index contributed by atoms with van der Waals surface area (Å²) in [6, 6.07) is 13.0. The zero-order valence-corrected chi connectivity index (χ0v) is 16.2. The van der Waals surface area contributed by atoms with Gasteiger partial charge in [0.1, 0.15) is 11.7 Å². The van der Waals surface area contributed by atoms with Crippen LogP contribution in [0.2, 0.25) is 0 Å². The third kappa shape index (κ3) is 3.06. The number of fused-ring (bicyclic) bond motifs is 1. The van der Waals surface area contributed by atoms with Gasteiger partial charge in [0.15, 0.2) is 0 Å². The third-order valence-electron chi connectivity index (χ3n) is 4.11. The fourth-order valence-electron chi connectivity index (χ4n) is 2.81. The Morgan fingerprint density at radius 1 is 1.12 bits per heavy atom. The molecule has 0 unspecified atom stereocenters. The summed E-state index contributed by atoms with van der Waals surface area (Å²) in [5, 5.41) is 1.30. The van der Waals surface area contributed by atoms with Gasteiger partial charge in [-0.25, -0.2) is 0 Å². The van der Waals surface area contributed by atoms with E-state index in [9.17, 15) is 0 Å². The van der Waals surface area contributed by atoms with E-state index in [1.54, 1.807) is 11.8 Å². The summed E-state index contributed by atoms with van der Waals surface area (Å²) in [5.41, 5.74) is 5.20. The van der Waals surface area contributed by atoms with Gasteiger partial charge in [-0.2, -0.15) is 4.57 Å². The maximum absolute atomic E-state index is 4.16. The number of thiazole rings is 1. The van der Waals surface area contributed by atoms with Crippen LogP contribution in [0.5, 0.6) is 0 Å². The molecule has 24 heavy (non-hydrogen) atoms. The molecule has 1 aromatic heterocycles. The summed E-state index contributed by atoms with van der Waals surface area (Å²) in [4.78, 5) is 2.39. The van der Waals surface area contributed by atoms with Crippen molar-refractivity contribution in [3.8, 4) is 10.6 Å². The minimum Gasteiger partial charge on any atom is -0.184 e. The van der Waals surface area contributed by atoms with Crippen molar-refractivity contribution in [1.82, 2.24) is 0 Å². The minimum atomic E-state index is 1.07. The number of nitrogens with zero attached hydrogens (tertiary/aromatic N) is 1. The largest absolute Gasteiger partial charge is 0.270 e. The summed E-state index contributed by atoms with van der Waals surface area (Å²) in [5.74, 6) is 0. The third-order valence-corrected chi connectivity index (χ3v) is 6.68. The molecular weight excluding hydrogens is 330 g/mol. The predicted octanol–water partition coefficient (Wildman–Crippen LogP) is 6.19. The van der Waals surface area contributed by atoms with Gasteiger partial charge in [-0.05, 0) is 38.0 Å². The van der Waals surface area contributed by atoms with Crippen molar-refractivity contribution in [2.45, 2.75) is 25.7 Å². The molecule has 0 saturated carbocycles. The summed E-state index contributed by atoms with van der Waals surface area (Å²) in [7, 11) is 2.16. The van der Waals surface area contributed by atoms with Crippen molar-refractivity contribution in [3.63, 3.8) is 0 Å². The molecule has 0 aliphatic heterocycles. The standard InChI is InChI=1S/C21H22NS2/c1-6-9-16(4)23-19-15(3)12-13-18-20(19)24-21(22(18)5)17-11-8-7-10-14(17)2/h6-13H,4H2,1-3,5H3/q+1/b9-6-. The van der Waals surface area contributed by atoms with E-state index in [4.69, 9.17) is 0 Å². The van der Waals surface area contributed by atoms with Gasteiger partial charge in [0, 0.05) is 15.9 Å². The zero-order chi connectivity index (χ0) is 17.3. The van der Waals surface area contributed by atoms with Crippen molar-refractivity contribution >= 4 is 33.3 Å². The molecule has 3 rings (SSSR count). The monoisotopic (exact) mass is 352 g/mol. The normalized spacial score (nSPS) is 11.5. The van der Waals surface area contributed by atoms with Gasteiger partial charge in [-0.3, -0.25) is 0 Å². The Bertz CT molecular complexity index is 948. The van der Waals surface area contributed by atoms with Gasteiger partial charge in [0.2, 0.25) is 5.52 Å². The lowest BCUT2D eigenvalue weighted by molar-refractivity contribution is -0.629. The van der Waals surface area contributed by atoms with Crippen molar-refractivity contribution in [3.05, 3.63) is 71.2 Å². The number of hydrogen-bond acceptors (Lipinski definition) is 2. The quantitative estimate of drug-likeness (QED) is 0.307. The molecule has 122 valence electrons. The first-order valence-corrected chi connectivity index (χ1v) is 9.63. The second kappa shape index (κ2) is 6.96. The number of allylic oxidation sites excluding steroid dienone is 2. The highest BCUT2D eigenvalue weighted by atomic mass is 32.2. The van der Waals surface area contributed by atoms with Crippen LogP contribution in [-0.4, -0.2) is 0 Å². The number of thioether (sulfide) groups is 1. The molecule has 3 aromatic rings. The minimum absolute atomic E-state index is 1.07. The highest BCUT2D eigenvalue weighted by Crippen LogP contribution is 2.40. The van der Waals surface area contributed by atoms with E-state index in [2.05, 4.69) is 74.5 Å². The molecule has 0 aliphatic carbocycles. The van der Waals surface area contributed by atoms with E-state index in [0.717, 1.165) is 4.91 Å². The summed E-state index contributed by atoms with van der Waals surface area (Å²) in [6.45, 7) is 10.5. The van der Waals surface area contributed by atoms with Crippen LogP contribution in [0.15, 0.2) is 64.9 Å². The average Bonchev–Trinajstić information content (AvgIpc) is 2.88. The van der Waals surface area contributed by atoms with E-state index < -0.39 is 0 Å². The molecule has 0 amide bonds. The average molecular weight is 353 g/mol. The van der Waals surface area contributed by atoms with Gasteiger partial charge in [-0.1, -0.05) is 66.1 Å². The Morgan fingerprint density at radius 2 is 1.88 bits per heavy atom. The Kier molecular flexibility index (Phi) is 4.93. The number of hydrogen-bond donors (Lipinski definition) is 0.